The third-order valence-electron chi connectivity index (χ3n) is 3.86. The Labute approximate surface area is 136 Å². The molecule has 0 atom stereocenters. The number of rotatable bonds is 6. The maximum atomic E-state index is 11.1. The molecule has 3 rings (SSSR count). The Morgan fingerprint density at radius 2 is 1.74 bits per heavy atom. The lowest BCUT2D eigenvalue weighted by molar-refractivity contribution is -0.0808. The molecule has 0 aliphatic heterocycles. The van der Waals surface area contributed by atoms with Crippen molar-refractivity contribution in [2.45, 2.75) is 32.6 Å². The predicted molar refractivity (Wildman–Crippen MR) is 89.7 cm³/mol. The van der Waals surface area contributed by atoms with Gasteiger partial charge in [0.25, 0.3) is 0 Å². The molecule has 0 fully saturated rings. The highest BCUT2D eigenvalue weighted by Crippen LogP contribution is 2.22. The first-order valence-corrected chi connectivity index (χ1v) is 7.79. The van der Waals surface area contributed by atoms with Crippen LogP contribution in [0.3, 0.4) is 0 Å². The number of fused-ring (bicyclic) bond motifs is 1. The van der Waals surface area contributed by atoms with Gasteiger partial charge in [0.15, 0.2) is 0 Å². The number of hydrogen-bond acceptors (Lipinski definition) is 2. The zero-order valence-corrected chi connectivity index (χ0v) is 13.5. The second-order valence-corrected chi connectivity index (χ2v) is 6.30. The Hall–Kier alpha value is -2.17. The molecule has 0 saturated carbocycles. The van der Waals surface area contributed by atoms with Crippen molar-refractivity contribution >= 4 is 10.9 Å². The van der Waals surface area contributed by atoms with Crippen molar-refractivity contribution in [1.29, 1.82) is 0 Å². The SMILES string of the molecule is CC(C)(C[O])OCc1nn(Cc2ccccc2)c2ccccc12. The molecule has 0 unspecified atom stereocenters. The first kappa shape index (κ1) is 15.7. The van der Waals surface area contributed by atoms with Gasteiger partial charge in [-0.1, -0.05) is 48.5 Å². The number of ether oxygens (including phenoxy) is 1. The minimum absolute atomic E-state index is 0.268. The molecule has 4 nitrogen and oxygen atoms in total. The second kappa shape index (κ2) is 6.52. The molecule has 2 aromatic carbocycles. The summed E-state index contributed by atoms with van der Waals surface area (Å²) in [7, 11) is 0. The summed E-state index contributed by atoms with van der Waals surface area (Å²) < 4.78 is 7.74. The number of aromatic nitrogens is 2. The van der Waals surface area contributed by atoms with Gasteiger partial charge < -0.3 is 4.74 Å². The average Bonchev–Trinajstić information content (AvgIpc) is 2.92. The monoisotopic (exact) mass is 309 g/mol. The van der Waals surface area contributed by atoms with E-state index in [1.165, 1.54) is 5.56 Å². The summed E-state index contributed by atoms with van der Waals surface area (Å²) in [6.45, 7) is 4.41. The largest absolute Gasteiger partial charge is 0.367 e. The van der Waals surface area contributed by atoms with E-state index < -0.39 is 5.60 Å². The number of nitrogens with zero attached hydrogens (tertiary/aromatic N) is 2. The van der Waals surface area contributed by atoms with Crippen LogP contribution in [-0.4, -0.2) is 22.0 Å². The topological polar surface area (TPSA) is 46.9 Å². The lowest BCUT2D eigenvalue weighted by Gasteiger charge is -2.20. The van der Waals surface area contributed by atoms with Gasteiger partial charge >= 0.3 is 0 Å². The van der Waals surface area contributed by atoms with E-state index in [1.54, 1.807) is 0 Å². The lowest BCUT2D eigenvalue weighted by Crippen LogP contribution is -2.28. The second-order valence-electron chi connectivity index (χ2n) is 6.30. The summed E-state index contributed by atoms with van der Waals surface area (Å²) in [5.41, 5.74) is 2.48. The van der Waals surface area contributed by atoms with E-state index in [0.717, 1.165) is 16.6 Å². The third-order valence-corrected chi connectivity index (χ3v) is 3.86. The molecule has 0 aliphatic rings. The van der Waals surface area contributed by atoms with Gasteiger partial charge in [-0.05, 0) is 25.5 Å². The number of para-hydroxylation sites is 1. The molecule has 0 aliphatic carbocycles. The maximum Gasteiger partial charge on any atom is 0.111 e. The van der Waals surface area contributed by atoms with Crippen molar-refractivity contribution in [3.8, 4) is 0 Å². The quantitative estimate of drug-likeness (QED) is 0.695. The fraction of sp³-hybridized carbons (Fsp3) is 0.316. The van der Waals surface area contributed by atoms with Crippen LogP contribution in [0, 0.1) is 0 Å². The normalized spacial score (nSPS) is 12.0. The van der Waals surface area contributed by atoms with Crippen LogP contribution in [0.2, 0.25) is 0 Å². The Morgan fingerprint density at radius 1 is 1.04 bits per heavy atom. The lowest BCUT2D eigenvalue weighted by atomic mass is 10.1. The summed E-state index contributed by atoms with van der Waals surface area (Å²) in [6, 6.07) is 18.4. The third kappa shape index (κ3) is 3.60. The molecule has 1 heterocycles. The summed E-state index contributed by atoms with van der Waals surface area (Å²) >= 11 is 0. The molecule has 0 amide bonds. The Bertz CT molecular complexity index is 778. The smallest absolute Gasteiger partial charge is 0.111 e. The van der Waals surface area contributed by atoms with Crippen molar-refractivity contribution in [3.63, 3.8) is 0 Å². The molecule has 23 heavy (non-hydrogen) atoms. The average molecular weight is 309 g/mol. The molecule has 0 saturated heterocycles. The molecule has 0 spiro atoms. The van der Waals surface area contributed by atoms with Crippen LogP contribution in [-0.2, 0) is 23.0 Å². The van der Waals surface area contributed by atoms with E-state index in [4.69, 9.17) is 9.84 Å². The van der Waals surface area contributed by atoms with Crippen LogP contribution in [0.1, 0.15) is 25.1 Å². The summed E-state index contributed by atoms with van der Waals surface area (Å²) in [6.07, 6.45) is 0. The van der Waals surface area contributed by atoms with Crippen LogP contribution in [0.25, 0.3) is 10.9 Å². The van der Waals surface area contributed by atoms with Gasteiger partial charge in [-0.25, -0.2) is 5.11 Å². The van der Waals surface area contributed by atoms with Crippen LogP contribution in [0.5, 0.6) is 0 Å². The van der Waals surface area contributed by atoms with E-state index in [2.05, 4.69) is 18.2 Å². The highest BCUT2D eigenvalue weighted by Gasteiger charge is 2.20. The standard InChI is InChI=1S/C19H21N2O2/c1-19(2,14-22)23-13-17-16-10-6-7-11-18(16)21(20-17)12-15-8-4-3-5-9-15/h3-11H,12-14H2,1-2H3. The van der Waals surface area contributed by atoms with Crippen molar-refractivity contribution in [1.82, 2.24) is 9.78 Å². The first-order valence-electron chi connectivity index (χ1n) is 7.79. The van der Waals surface area contributed by atoms with Gasteiger partial charge in [0.1, 0.15) is 6.61 Å². The molecule has 0 bridgehead atoms. The Kier molecular flexibility index (Phi) is 4.46. The van der Waals surface area contributed by atoms with Crippen molar-refractivity contribution in [2.24, 2.45) is 0 Å². The minimum atomic E-state index is -0.676. The Morgan fingerprint density at radius 3 is 2.48 bits per heavy atom. The zero-order chi connectivity index (χ0) is 16.3. The van der Waals surface area contributed by atoms with Gasteiger partial charge in [0.05, 0.1) is 30.0 Å². The minimum Gasteiger partial charge on any atom is -0.367 e. The fourth-order valence-corrected chi connectivity index (χ4v) is 2.49. The Balaban J connectivity index is 1.90. The summed E-state index contributed by atoms with van der Waals surface area (Å²) in [5, 5.41) is 16.9. The van der Waals surface area contributed by atoms with Crippen molar-refractivity contribution in [2.75, 3.05) is 6.61 Å². The molecule has 1 radical (unpaired) electrons. The molecule has 1 aromatic heterocycles. The van der Waals surface area contributed by atoms with Gasteiger partial charge in [-0.15, -0.1) is 0 Å². The van der Waals surface area contributed by atoms with Gasteiger partial charge in [0.2, 0.25) is 0 Å². The molecular weight excluding hydrogens is 288 g/mol. The molecule has 119 valence electrons. The zero-order valence-electron chi connectivity index (χ0n) is 13.5. The van der Waals surface area contributed by atoms with Crippen LogP contribution >= 0.6 is 0 Å². The molecule has 0 N–H and O–H groups in total. The summed E-state index contributed by atoms with van der Waals surface area (Å²) in [4.78, 5) is 0. The van der Waals surface area contributed by atoms with Crippen molar-refractivity contribution < 1.29 is 9.84 Å². The van der Waals surface area contributed by atoms with Gasteiger partial charge in [-0.3, -0.25) is 4.68 Å². The fourth-order valence-electron chi connectivity index (χ4n) is 2.49. The van der Waals surface area contributed by atoms with Crippen LogP contribution in [0.4, 0.5) is 0 Å². The van der Waals surface area contributed by atoms with E-state index in [-0.39, 0.29) is 6.61 Å². The molecular formula is C19H21N2O2. The number of benzene rings is 2. The molecule has 3 aromatic rings. The number of hydrogen-bond donors (Lipinski definition) is 0. The van der Waals surface area contributed by atoms with E-state index in [1.807, 2.05) is 54.9 Å². The maximum absolute atomic E-state index is 11.1. The van der Waals surface area contributed by atoms with Crippen LogP contribution in [0.15, 0.2) is 54.6 Å². The predicted octanol–water partition coefficient (Wildman–Crippen LogP) is 3.81. The summed E-state index contributed by atoms with van der Waals surface area (Å²) in [5.74, 6) is 0. The van der Waals surface area contributed by atoms with Crippen LogP contribution < -0.4 is 0 Å². The van der Waals surface area contributed by atoms with E-state index >= 15 is 0 Å². The van der Waals surface area contributed by atoms with E-state index in [9.17, 15) is 5.11 Å². The highest BCUT2D eigenvalue weighted by molar-refractivity contribution is 5.81. The van der Waals surface area contributed by atoms with Gasteiger partial charge in [0, 0.05) is 5.39 Å². The van der Waals surface area contributed by atoms with Gasteiger partial charge in [-0.2, -0.15) is 5.10 Å². The van der Waals surface area contributed by atoms with E-state index in [0.29, 0.717) is 13.2 Å². The molecule has 4 heteroatoms. The van der Waals surface area contributed by atoms with Crippen molar-refractivity contribution in [3.05, 3.63) is 65.9 Å². The first-order chi connectivity index (χ1) is 11.1. The highest BCUT2D eigenvalue weighted by atomic mass is 16.5.